The maximum absolute atomic E-state index is 14.2. The van der Waals surface area contributed by atoms with Gasteiger partial charge < -0.3 is 34.2 Å². The summed E-state index contributed by atoms with van der Waals surface area (Å²) in [6.45, 7) is 9.10. The Bertz CT molecular complexity index is 1870. The summed E-state index contributed by atoms with van der Waals surface area (Å²) in [6, 6.07) is 16.0. The number of nitrogens with zero attached hydrogens (tertiary/aromatic N) is 5. The van der Waals surface area contributed by atoms with Crippen LogP contribution in [0.25, 0.3) is 10.9 Å². The van der Waals surface area contributed by atoms with E-state index < -0.39 is 24.0 Å². The van der Waals surface area contributed by atoms with Crippen molar-refractivity contribution >= 4 is 34.4 Å². The fourth-order valence-corrected chi connectivity index (χ4v) is 5.64. The molecule has 1 unspecified atom stereocenters. The number of ether oxygens (including phenoxy) is 4. The number of anilines is 2. The van der Waals surface area contributed by atoms with E-state index in [1.165, 1.54) is 48.1 Å². The zero-order valence-corrected chi connectivity index (χ0v) is 29.1. The van der Waals surface area contributed by atoms with Crippen molar-refractivity contribution in [2.75, 3.05) is 68.8 Å². The predicted molar refractivity (Wildman–Crippen MR) is 188 cm³/mol. The SMILES string of the molecule is COc1ccc(N(C(=O)Nc2ccc(F)cc2)C(C)c2nc3ccccc3c(=O)n2N2CCN(C(=O)OCCOC(C)(C)C)CC2)c(OC)c1. The average molecular weight is 691 g/mol. The van der Waals surface area contributed by atoms with Crippen LogP contribution in [0.1, 0.15) is 39.6 Å². The first-order valence-electron chi connectivity index (χ1n) is 16.3. The number of rotatable bonds is 10. The van der Waals surface area contributed by atoms with Crippen molar-refractivity contribution in [2.24, 2.45) is 0 Å². The van der Waals surface area contributed by atoms with E-state index in [9.17, 15) is 18.8 Å². The highest BCUT2D eigenvalue weighted by Crippen LogP contribution is 2.37. The summed E-state index contributed by atoms with van der Waals surface area (Å²) in [6.07, 6.45) is -0.463. The van der Waals surface area contributed by atoms with Gasteiger partial charge in [-0.15, -0.1) is 0 Å². The van der Waals surface area contributed by atoms with Gasteiger partial charge in [0.15, 0.2) is 5.82 Å². The van der Waals surface area contributed by atoms with Gasteiger partial charge in [-0.25, -0.2) is 23.6 Å². The van der Waals surface area contributed by atoms with Gasteiger partial charge in [0.25, 0.3) is 5.56 Å². The molecule has 1 aliphatic heterocycles. The van der Waals surface area contributed by atoms with Crippen molar-refractivity contribution in [3.05, 3.63) is 88.7 Å². The van der Waals surface area contributed by atoms with Gasteiger partial charge in [0, 0.05) is 24.8 Å². The van der Waals surface area contributed by atoms with Crippen LogP contribution < -0.4 is 30.3 Å². The van der Waals surface area contributed by atoms with Gasteiger partial charge >= 0.3 is 12.1 Å². The summed E-state index contributed by atoms with van der Waals surface area (Å²) in [4.78, 5) is 49.2. The molecule has 1 saturated heterocycles. The molecule has 3 aromatic carbocycles. The van der Waals surface area contributed by atoms with Gasteiger partial charge in [-0.2, -0.15) is 0 Å². The number of hydrogen-bond acceptors (Lipinski definition) is 9. The second-order valence-electron chi connectivity index (χ2n) is 12.6. The minimum Gasteiger partial charge on any atom is -0.497 e. The molecule has 0 radical (unpaired) electrons. The number of carbonyl (C=O) groups excluding carboxylic acids is 2. The largest absolute Gasteiger partial charge is 0.497 e. The molecule has 1 fully saturated rings. The molecule has 1 N–H and O–H groups in total. The molecule has 5 rings (SSSR count). The lowest BCUT2D eigenvalue weighted by Crippen LogP contribution is -2.57. The predicted octanol–water partition coefficient (Wildman–Crippen LogP) is 5.56. The monoisotopic (exact) mass is 690 g/mol. The average Bonchev–Trinajstić information content (AvgIpc) is 3.10. The summed E-state index contributed by atoms with van der Waals surface area (Å²) in [5.41, 5.74) is 0.517. The fourth-order valence-electron chi connectivity index (χ4n) is 5.64. The summed E-state index contributed by atoms with van der Waals surface area (Å²) in [7, 11) is 3.00. The van der Waals surface area contributed by atoms with Crippen molar-refractivity contribution in [1.82, 2.24) is 14.6 Å². The van der Waals surface area contributed by atoms with Crippen LogP contribution in [0, 0.1) is 5.82 Å². The molecule has 266 valence electrons. The van der Waals surface area contributed by atoms with Gasteiger partial charge in [0.1, 0.15) is 23.9 Å². The Labute approximate surface area is 290 Å². The third kappa shape index (κ3) is 8.25. The molecular weight excluding hydrogens is 647 g/mol. The smallest absolute Gasteiger partial charge is 0.409 e. The number of urea groups is 1. The Kier molecular flexibility index (Phi) is 11.1. The number of amides is 3. The molecule has 13 nitrogen and oxygen atoms in total. The number of aromatic nitrogens is 2. The van der Waals surface area contributed by atoms with Crippen LogP contribution in [0.5, 0.6) is 11.5 Å². The zero-order valence-electron chi connectivity index (χ0n) is 29.1. The molecule has 4 aromatic rings. The van der Waals surface area contributed by atoms with Crippen LogP contribution >= 0.6 is 0 Å². The van der Waals surface area contributed by atoms with Gasteiger partial charge in [-0.1, -0.05) is 12.1 Å². The molecule has 0 saturated carbocycles. The van der Waals surface area contributed by atoms with Crippen LogP contribution in [0.15, 0.2) is 71.5 Å². The number of benzene rings is 3. The van der Waals surface area contributed by atoms with E-state index in [-0.39, 0.29) is 43.3 Å². The lowest BCUT2D eigenvalue weighted by molar-refractivity contribution is -0.0268. The number of methoxy groups -OCH3 is 2. The van der Waals surface area contributed by atoms with Gasteiger partial charge in [0.05, 0.1) is 62.1 Å². The van der Waals surface area contributed by atoms with Gasteiger partial charge in [-0.3, -0.25) is 9.69 Å². The number of carbonyl (C=O) groups is 2. The lowest BCUT2D eigenvalue weighted by Gasteiger charge is -2.39. The second-order valence-corrected chi connectivity index (χ2v) is 12.6. The Morgan fingerprint density at radius 3 is 2.32 bits per heavy atom. The second kappa shape index (κ2) is 15.5. The van der Waals surface area contributed by atoms with Crippen LogP contribution in [0.3, 0.4) is 0 Å². The first-order chi connectivity index (χ1) is 23.9. The number of halogens is 1. The first-order valence-corrected chi connectivity index (χ1v) is 16.3. The first kappa shape index (κ1) is 35.9. The number of hydrogen-bond donors (Lipinski definition) is 1. The van der Waals surface area contributed by atoms with Crippen LogP contribution in [-0.4, -0.2) is 85.9 Å². The third-order valence-corrected chi connectivity index (χ3v) is 8.14. The summed E-state index contributed by atoms with van der Waals surface area (Å²) in [5.74, 6) is 0.671. The van der Waals surface area contributed by atoms with Crippen molar-refractivity contribution in [2.45, 2.75) is 39.3 Å². The van der Waals surface area contributed by atoms with Crippen molar-refractivity contribution in [1.29, 1.82) is 0 Å². The molecular formula is C36H43FN6O7. The van der Waals surface area contributed by atoms with Crippen LogP contribution in [0.2, 0.25) is 0 Å². The molecule has 1 aliphatic rings. The van der Waals surface area contributed by atoms with Gasteiger partial charge in [0.2, 0.25) is 0 Å². The molecule has 14 heteroatoms. The summed E-state index contributed by atoms with van der Waals surface area (Å²) >= 11 is 0. The number of fused-ring (bicyclic) bond motifs is 1. The maximum atomic E-state index is 14.2. The van der Waals surface area contributed by atoms with E-state index in [1.807, 2.05) is 25.8 Å². The highest BCUT2D eigenvalue weighted by Gasteiger charge is 2.33. The highest BCUT2D eigenvalue weighted by atomic mass is 19.1. The molecule has 0 spiro atoms. The Hall–Kier alpha value is -5.37. The fraction of sp³-hybridized carbons (Fsp3) is 0.389. The summed E-state index contributed by atoms with van der Waals surface area (Å²) in [5, 5.41) is 5.05. The molecule has 1 aromatic heterocycles. The van der Waals surface area contributed by atoms with E-state index in [0.717, 1.165) is 0 Å². The molecule has 50 heavy (non-hydrogen) atoms. The topological polar surface area (TPSA) is 128 Å². The normalized spacial score (nSPS) is 13.9. The van der Waals surface area contributed by atoms with Crippen molar-refractivity contribution in [3.8, 4) is 11.5 Å². The lowest BCUT2D eigenvalue weighted by atomic mass is 10.1. The van der Waals surface area contributed by atoms with Crippen molar-refractivity contribution < 1.29 is 32.9 Å². The Morgan fingerprint density at radius 1 is 0.960 bits per heavy atom. The minimum absolute atomic E-state index is 0.122. The van der Waals surface area contributed by atoms with Gasteiger partial charge in [-0.05, 0) is 76.2 Å². The molecule has 1 atom stereocenters. The highest BCUT2D eigenvalue weighted by molar-refractivity contribution is 6.03. The van der Waals surface area contributed by atoms with E-state index in [4.69, 9.17) is 23.9 Å². The minimum atomic E-state index is -0.860. The maximum Gasteiger partial charge on any atom is 0.409 e. The zero-order chi connectivity index (χ0) is 36.0. The van der Waals surface area contributed by atoms with E-state index in [2.05, 4.69) is 5.32 Å². The Morgan fingerprint density at radius 2 is 1.66 bits per heavy atom. The van der Waals surface area contributed by atoms with E-state index in [0.29, 0.717) is 46.9 Å². The standard InChI is InChI=1S/C36H43FN6O7/c1-24(42(30-16-15-27(47-5)23-31(30)48-6)34(45)38-26-13-11-25(37)12-14-26)32-39-29-10-8-7-9-28(29)33(44)43(32)41-19-17-40(18-20-41)35(46)49-21-22-50-36(2,3)4/h7-16,23-24H,17-22H2,1-6H3,(H,38,45). The van der Waals surface area contributed by atoms with Crippen LogP contribution in [0.4, 0.5) is 25.4 Å². The number of piperazine rings is 1. The number of para-hydroxylation sites is 1. The Balaban J connectivity index is 1.50. The molecule has 2 heterocycles. The number of nitrogens with one attached hydrogen (secondary N) is 1. The molecule has 0 aliphatic carbocycles. The third-order valence-electron chi connectivity index (χ3n) is 8.14. The molecule has 0 bridgehead atoms. The van der Waals surface area contributed by atoms with Crippen molar-refractivity contribution in [3.63, 3.8) is 0 Å². The van der Waals surface area contributed by atoms with E-state index >= 15 is 0 Å². The van der Waals surface area contributed by atoms with Crippen LogP contribution in [-0.2, 0) is 9.47 Å². The summed E-state index contributed by atoms with van der Waals surface area (Å²) < 4.78 is 37.3. The van der Waals surface area contributed by atoms with E-state index in [1.54, 1.807) is 54.3 Å². The molecule has 3 amide bonds. The quantitative estimate of drug-likeness (QED) is 0.213.